The van der Waals surface area contributed by atoms with Gasteiger partial charge in [-0.25, -0.2) is 0 Å². The van der Waals surface area contributed by atoms with Crippen molar-refractivity contribution in [3.05, 3.63) is 105 Å². The van der Waals surface area contributed by atoms with Crippen molar-refractivity contribution in [3.8, 4) is 0 Å². The Morgan fingerprint density at radius 3 is 2.43 bits per heavy atom. The van der Waals surface area contributed by atoms with Crippen LogP contribution in [0, 0.1) is 0 Å². The van der Waals surface area contributed by atoms with Gasteiger partial charge in [0, 0.05) is 29.9 Å². The molecule has 0 unspecified atom stereocenters. The highest BCUT2D eigenvalue weighted by Crippen LogP contribution is 2.48. The molecule has 5 nitrogen and oxygen atoms in total. The number of amides is 2. The van der Waals surface area contributed by atoms with Gasteiger partial charge < -0.3 is 14.8 Å². The maximum Gasteiger partial charge on any atom is 0.255 e. The molecule has 0 saturated carbocycles. The predicted molar refractivity (Wildman–Crippen MR) is 147 cm³/mol. The number of aryl methyl sites for hydroxylation is 1. The third-order valence-electron chi connectivity index (χ3n) is 7.97. The summed E-state index contributed by atoms with van der Waals surface area (Å²) >= 11 is 12.3. The van der Waals surface area contributed by atoms with Crippen molar-refractivity contribution >= 4 is 45.9 Å². The third kappa shape index (κ3) is 3.75. The molecular formula is C30H27Cl2N3O2. The van der Waals surface area contributed by atoms with Crippen LogP contribution in [0.2, 0.25) is 10.0 Å². The molecule has 37 heavy (non-hydrogen) atoms. The number of H-pyrrole nitrogens is 1. The number of carbonyl (C=O) groups excluding carboxylic acids is 2. The van der Waals surface area contributed by atoms with Gasteiger partial charge in [-0.2, -0.15) is 0 Å². The number of aromatic nitrogens is 1. The second-order valence-corrected chi connectivity index (χ2v) is 10.9. The van der Waals surface area contributed by atoms with Crippen LogP contribution in [0.1, 0.15) is 47.7 Å². The molecule has 7 heteroatoms. The van der Waals surface area contributed by atoms with Gasteiger partial charge in [0.2, 0.25) is 5.91 Å². The van der Waals surface area contributed by atoms with E-state index < -0.39 is 5.54 Å². The van der Waals surface area contributed by atoms with Crippen molar-refractivity contribution in [2.75, 3.05) is 13.1 Å². The highest BCUT2D eigenvalue weighted by atomic mass is 35.5. The number of fused-ring (bicyclic) bond motifs is 5. The van der Waals surface area contributed by atoms with Gasteiger partial charge in [-0.3, -0.25) is 9.59 Å². The molecule has 1 fully saturated rings. The first-order chi connectivity index (χ1) is 17.8. The Morgan fingerprint density at radius 1 is 0.973 bits per heavy atom. The summed E-state index contributed by atoms with van der Waals surface area (Å²) in [6, 6.07) is 22.1. The van der Waals surface area contributed by atoms with E-state index in [2.05, 4.69) is 42.2 Å². The summed E-state index contributed by atoms with van der Waals surface area (Å²) < 4.78 is 0. The Labute approximate surface area is 226 Å². The van der Waals surface area contributed by atoms with E-state index in [9.17, 15) is 9.59 Å². The van der Waals surface area contributed by atoms with Crippen LogP contribution in [0.5, 0.6) is 0 Å². The Bertz CT molecular complexity index is 1540. The number of piperazine rings is 1. The minimum atomic E-state index is -1.14. The van der Waals surface area contributed by atoms with E-state index in [1.54, 1.807) is 21.9 Å². The zero-order chi connectivity index (χ0) is 25.9. The number of carbonyl (C=O) groups is 2. The molecule has 2 atom stereocenters. The van der Waals surface area contributed by atoms with E-state index >= 15 is 0 Å². The van der Waals surface area contributed by atoms with E-state index in [-0.39, 0.29) is 30.8 Å². The summed E-state index contributed by atoms with van der Waals surface area (Å²) in [5, 5.41) is 1.97. The third-order valence-corrected chi connectivity index (χ3v) is 8.70. The predicted octanol–water partition coefficient (Wildman–Crippen LogP) is 6.27. The van der Waals surface area contributed by atoms with E-state index in [0.29, 0.717) is 16.6 Å². The van der Waals surface area contributed by atoms with Gasteiger partial charge in [-0.15, -0.1) is 0 Å². The lowest BCUT2D eigenvalue weighted by Gasteiger charge is -2.51. The smallest absolute Gasteiger partial charge is 0.255 e. The Hall–Kier alpha value is -3.28. The number of nitrogens with one attached hydrogen (secondary N) is 1. The fourth-order valence-corrected chi connectivity index (χ4v) is 6.27. The summed E-state index contributed by atoms with van der Waals surface area (Å²) in [6.07, 6.45) is 0.967. The van der Waals surface area contributed by atoms with Crippen molar-refractivity contribution in [1.82, 2.24) is 14.8 Å². The number of para-hydroxylation sites is 1. The van der Waals surface area contributed by atoms with Crippen LogP contribution in [0.15, 0.2) is 66.7 Å². The van der Waals surface area contributed by atoms with E-state index in [0.717, 1.165) is 39.7 Å². The number of hydrogen-bond acceptors (Lipinski definition) is 2. The summed E-state index contributed by atoms with van der Waals surface area (Å²) in [4.78, 5) is 34.8. The molecule has 1 N–H and O–H groups in total. The summed E-state index contributed by atoms with van der Waals surface area (Å²) in [7, 11) is 0. The molecule has 2 amide bonds. The molecule has 3 aromatic carbocycles. The van der Waals surface area contributed by atoms with Crippen LogP contribution in [0.3, 0.4) is 0 Å². The molecule has 3 heterocycles. The zero-order valence-electron chi connectivity index (χ0n) is 20.7. The molecule has 188 valence electrons. The summed E-state index contributed by atoms with van der Waals surface area (Å²) in [5.41, 5.74) is 4.95. The minimum Gasteiger partial charge on any atom is -0.356 e. The first kappa shape index (κ1) is 24.1. The lowest BCUT2D eigenvalue weighted by atomic mass is 9.76. The number of hydrogen-bond donors (Lipinski definition) is 1. The molecule has 0 aliphatic carbocycles. The number of nitrogens with zero attached hydrogens (tertiary/aromatic N) is 2. The normalized spacial score (nSPS) is 21.4. The van der Waals surface area contributed by atoms with Gasteiger partial charge in [-0.1, -0.05) is 78.7 Å². The van der Waals surface area contributed by atoms with Gasteiger partial charge in [-0.05, 0) is 53.8 Å². The fraction of sp³-hybridized carbons (Fsp3) is 0.267. The average Bonchev–Trinajstić information content (AvgIpc) is 3.30. The largest absolute Gasteiger partial charge is 0.356 e. The molecule has 2 aliphatic heterocycles. The van der Waals surface area contributed by atoms with Crippen molar-refractivity contribution in [1.29, 1.82) is 0 Å². The van der Waals surface area contributed by atoms with Crippen LogP contribution in [-0.2, 0) is 28.1 Å². The van der Waals surface area contributed by atoms with Crippen LogP contribution in [0.4, 0.5) is 0 Å². The first-order valence-corrected chi connectivity index (χ1v) is 13.3. The second-order valence-electron chi connectivity index (χ2n) is 10.1. The van der Waals surface area contributed by atoms with Gasteiger partial charge in [0.05, 0.1) is 15.7 Å². The van der Waals surface area contributed by atoms with Crippen LogP contribution < -0.4 is 0 Å². The van der Waals surface area contributed by atoms with Crippen molar-refractivity contribution in [2.24, 2.45) is 0 Å². The van der Waals surface area contributed by atoms with E-state index in [1.165, 1.54) is 5.56 Å². The topological polar surface area (TPSA) is 56.4 Å². The Kier molecular flexibility index (Phi) is 5.81. The molecule has 1 aromatic heterocycles. The Balaban J connectivity index is 1.47. The number of rotatable bonds is 4. The maximum atomic E-state index is 14.2. The highest BCUT2D eigenvalue weighted by Gasteiger charge is 2.56. The van der Waals surface area contributed by atoms with Crippen LogP contribution >= 0.6 is 23.2 Å². The molecule has 1 saturated heterocycles. The van der Waals surface area contributed by atoms with Crippen molar-refractivity contribution < 1.29 is 9.59 Å². The monoisotopic (exact) mass is 531 g/mol. The Morgan fingerprint density at radius 2 is 1.70 bits per heavy atom. The number of halogens is 2. The van der Waals surface area contributed by atoms with E-state index in [1.807, 2.05) is 31.2 Å². The molecule has 6 rings (SSSR count). The fourth-order valence-electron chi connectivity index (χ4n) is 5.95. The standard InChI is InChI=1S/C30H27Cl2N3O2/c1-3-18-8-11-20(12-9-18)22-16-35-26(36)17-34(15-19-10-13-23(31)24(32)14-19)29(37)30(35,2)28-27(22)21-6-4-5-7-25(21)33-28/h4-14,22,33H,3,15-17H2,1-2H3/t22-,30-/m0/s1. The van der Waals surface area contributed by atoms with Crippen LogP contribution in [0.25, 0.3) is 10.9 Å². The second kappa shape index (κ2) is 8.93. The van der Waals surface area contributed by atoms with Crippen molar-refractivity contribution in [3.63, 3.8) is 0 Å². The highest BCUT2D eigenvalue weighted by molar-refractivity contribution is 6.42. The summed E-state index contributed by atoms with van der Waals surface area (Å²) in [6.45, 7) is 4.76. The first-order valence-electron chi connectivity index (χ1n) is 12.5. The van der Waals surface area contributed by atoms with Gasteiger partial charge >= 0.3 is 0 Å². The minimum absolute atomic E-state index is 0.0196. The number of benzene rings is 3. The lowest BCUT2D eigenvalue weighted by molar-refractivity contribution is -0.166. The van der Waals surface area contributed by atoms with Crippen LogP contribution in [-0.4, -0.2) is 39.7 Å². The van der Waals surface area contributed by atoms with Gasteiger partial charge in [0.25, 0.3) is 5.91 Å². The van der Waals surface area contributed by atoms with Gasteiger partial charge in [0.1, 0.15) is 6.54 Å². The number of aromatic amines is 1. The van der Waals surface area contributed by atoms with Gasteiger partial charge in [0.15, 0.2) is 5.54 Å². The molecule has 0 radical (unpaired) electrons. The molecule has 4 aromatic rings. The lowest BCUT2D eigenvalue weighted by Crippen LogP contribution is -2.67. The average molecular weight is 532 g/mol. The summed E-state index contributed by atoms with van der Waals surface area (Å²) in [5.74, 6) is -0.212. The molecular weight excluding hydrogens is 505 g/mol. The molecule has 2 aliphatic rings. The van der Waals surface area contributed by atoms with Crippen molar-refractivity contribution in [2.45, 2.75) is 38.3 Å². The van der Waals surface area contributed by atoms with E-state index in [4.69, 9.17) is 23.2 Å². The zero-order valence-corrected chi connectivity index (χ0v) is 22.2. The maximum absolute atomic E-state index is 14.2. The SMILES string of the molecule is CCc1ccc([C@@H]2CN3C(=O)CN(Cc4ccc(Cl)c(Cl)c4)C(=O)[C@]3(C)c3[nH]c4ccccc4c32)cc1. The molecule has 0 spiro atoms. The molecule has 0 bridgehead atoms. The quantitative estimate of drug-likeness (QED) is 0.337.